The third kappa shape index (κ3) is 2.55. The van der Waals surface area contributed by atoms with Crippen molar-refractivity contribution in [3.63, 3.8) is 0 Å². The number of ether oxygens (including phenoxy) is 3. The van der Waals surface area contributed by atoms with E-state index >= 15 is 0 Å². The molecule has 4 rings (SSSR count). The number of phenols is 1. The van der Waals surface area contributed by atoms with E-state index < -0.39 is 18.4 Å². The Morgan fingerprint density at radius 1 is 1.25 bits per heavy atom. The molecule has 1 saturated heterocycles. The van der Waals surface area contributed by atoms with E-state index in [0.717, 1.165) is 11.1 Å². The molecule has 6 nitrogen and oxygen atoms in total. The highest BCUT2D eigenvalue weighted by Crippen LogP contribution is 2.51. The first kappa shape index (κ1) is 14.8. The lowest BCUT2D eigenvalue weighted by atomic mass is 9.95. The van der Waals surface area contributed by atoms with E-state index in [0.29, 0.717) is 24.5 Å². The van der Waals surface area contributed by atoms with Crippen LogP contribution in [0.2, 0.25) is 0 Å². The SMILES string of the molecule is O=C(O)[C@@H]1CC2c3c(OCc4ccccc4)cc(O)cc3OC2O1. The lowest BCUT2D eigenvalue weighted by molar-refractivity contribution is -0.156. The zero-order valence-corrected chi connectivity index (χ0v) is 12.7. The number of aromatic hydroxyl groups is 1. The summed E-state index contributed by atoms with van der Waals surface area (Å²) in [7, 11) is 0. The molecular formula is C18H16O6. The van der Waals surface area contributed by atoms with E-state index in [-0.39, 0.29) is 11.7 Å². The van der Waals surface area contributed by atoms with Gasteiger partial charge in [-0.05, 0) is 12.0 Å². The largest absolute Gasteiger partial charge is 0.508 e. The van der Waals surface area contributed by atoms with Gasteiger partial charge in [-0.25, -0.2) is 4.79 Å². The van der Waals surface area contributed by atoms with Gasteiger partial charge in [0.05, 0.1) is 5.92 Å². The van der Waals surface area contributed by atoms with E-state index in [1.165, 1.54) is 12.1 Å². The fourth-order valence-corrected chi connectivity index (χ4v) is 3.21. The van der Waals surface area contributed by atoms with Gasteiger partial charge in [-0.1, -0.05) is 30.3 Å². The minimum atomic E-state index is -1.000. The van der Waals surface area contributed by atoms with Crippen LogP contribution in [0.25, 0.3) is 0 Å². The Bertz CT molecular complexity index is 773. The number of benzene rings is 2. The molecule has 24 heavy (non-hydrogen) atoms. The molecule has 2 unspecified atom stereocenters. The zero-order chi connectivity index (χ0) is 16.7. The first-order valence-corrected chi connectivity index (χ1v) is 7.70. The molecule has 0 bridgehead atoms. The third-order valence-electron chi connectivity index (χ3n) is 4.31. The minimum absolute atomic E-state index is 0.0339. The molecule has 1 fully saturated rings. The molecule has 0 aromatic heterocycles. The van der Waals surface area contributed by atoms with Crippen LogP contribution in [0.3, 0.4) is 0 Å². The van der Waals surface area contributed by atoms with E-state index in [9.17, 15) is 9.90 Å². The topological polar surface area (TPSA) is 85.2 Å². The Morgan fingerprint density at radius 3 is 2.79 bits per heavy atom. The molecule has 6 heteroatoms. The molecule has 3 atom stereocenters. The molecule has 124 valence electrons. The number of carbonyl (C=O) groups is 1. The number of fused-ring (bicyclic) bond motifs is 3. The van der Waals surface area contributed by atoms with Gasteiger partial charge in [0.25, 0.3) is 0 Å². The Balaban J connectivity index is 1.61. The molecule has 2 N–H and O–H groups in total. The molecule has 0 aliphatic carbocycles. The first-order valence-electron chi connectivity index (χ1n) is 7.70. The summed E-state index contributed by atoms with van der Waals surface area (Å²) in [6.45, 7) is 0.345. The van der Waals surface area contributed by atoms with Crippen molar-refractivity contribution in [1.29, 1.82) is 0 Å². The van der Waals surface area contributed by atoms with Crippen LogP contribution in [-0.2, 0) is 16.1 Å². The zero-order valence-electron chi connectivity index (χ0n) is 12.7. The molecular weight excluding hydrogens is 312 g/mol. The maximum absolute atomic E-state index is 11.1. The maximum atomic E-state index is 11.1. The summed E-state index contributed by atoms with van der Waals surface area (Å²) in [5.74, 6) is -0.202. The van der Waals surface area contributed by atoms with Crippen LogP contribution in [-0.4, -0.2) is 28.6 Å². The van der Waals surface area contributed by atoms with Crippen molar-refractivity contribution in [3.8, 4) is 17.2 Å². The number of carboxylic acids is 1. The summed E-state index contributed by atoms with van der Waals surface area (Å²) in [4.78, 5) is 11.1. The van der Waals surface area contributed by atoms with Crippen molar-refractivity contribution in [1.82, 2.24) is 0 Å². The Kier molecular flexibility index (Phi) is 3.54. The van der Waals surface area contributed by atoms with Crippen molar-refractivity contribution in [2.75, 3.05) is 0 Å². The van der Waals surface area contributed by atoms with Crippen LogP contribution < -0.4 is 9.47 Å². The van der Waals surface area contributed by atoms with Crippen LogP contribution >= 0.6 is 0 Å². The Labute approximate surface area is 138 Å². The molecule has 2 aliphatic rings. The van der Waals surface area contributed by atoms with E-state index in [1.54, 1.807) is 0 Å². The minimum Gasteiger partial charge on any atom is -0.508 e. The van der Waals surface area contributed by atoms with Crippen LogP contribution in [0, 0.1) is 0 Å². The van der Waals surface area contributed by atoms with Gasteiger partial charge in [-0.2, -0.15) is 0 Å². The standard InChI is InChI=1S/C18H16O6/c19-11-6-13(22-9-10-4-2-1-3-5-10)16-12-8-15(17(20)21)24-18(12)23-14(16)7-11/h1-7,12,15,18-19H,8-9H2,(H,20,21)/t12?,15-,18?/m0/s1. The van der Waals surface area contributed by atoms with Crippen molar-refractivity contribution in [2.24, 2.45) is 0 Å². The van der Waals surface area contributed by atoms with Crippen molar-refractivity contribution >= 4 is 5.97 Å². The molecule has 0 radical (unpaired) electrons. The van der Waals surface area contributed by atoms with Gasteiger partial charge in [-0.15, -0.1) is 0 Å². The second kappa shape index (κ2) is 5.72. The summed E-state index contributed by atoms with van der Waals surface area (Å²) >= 11 is 0. The van der Waals surface area contributed by atoms with Crippen LogP contribution in [0.4, 0.5) is 0 Å². The van der Waals surface area contributed by atoms with E-state index in [1.807, 2.05) is 30.3 Å². The quantitative estimate of drug-likeness (QED) is 0.897. The summed E-state index contributed by atoms with van der Waals surface area (Å²) in [6, 6.07) is 12.7. The van der Waals surface area contributed by atoms with E-state index in [4.69, 9.17) is 19.3 Å². The average Bonchev–Trinajstić information content (AvgIpc) is 3.10. The molecule has 0 amide bonds. The number of phenolic OH excluding ortho intramolecular Hbond substituents is 1. The highest BCUT2D eigenvalue weighted by molar-refractivity contribution is 5.73. The number of aliphatic carboxylic acids is 1. The second-order valence-electron chi connectivity index (χ2n) is 5.92. The summed E-state index contributed by atoms with van der Waals surface area (Å²) in [5, 5.41) is 19.0. The van der Waals surface area contributed by atoms with Gasteiger partial charge in [0, 0.05) is 17.7 Å². The van der Waals surface area contributed by atoms with E-state index in [2.05, 4.69) is 0 Å². The molecule has 2 aromatic carbocycles. The van der Waals surface area contributed by atoms with Gasteiger partial charge >= 0.3 is 5.97 Å². The highest BCUT2D eigenvalue weighted by atomic mass is 16.7. The predicted octanol–water partition coefficient (Wildman–Crippen LogP) is 2.65. The predicted molar refractivity (Wildman–Crippen MR) is 83.2 cm³/mol. The molecule has 2 heterocycles. The molecule has 0 saturated carbocycles. The monoisotopic (exact) mass is 328 g/mol. The second-order valence-corrected chi connectivity index (χ2v) is 5.92. The van der Waals surface area contributed by atoms with Crippen molar-refractivity contribution in [2.45, 2.75) is 31.3 Å². The summed E-state index contributed by atoms with van der Waals surface area (Å²) in [5.41, 5.74) is 1.76. The van der Waals surface area contributed by atoms with Crippen LogP contribution in [0.5, 0.6) is 17.2 Å². The Morgan fingerprint density at radius 2 is 2.04 bits per heavy atom. The van der Waals surface area contributed by atoms with Crippen LogP contribution in [0.1, 0.15) is 23.5 Å². The number of rotatable bonds is 4. The molecule has 2 aliphatic heterocycles. The normalized spacial score (nSPS) is 24.1. The van der Waals surface area contributed by atoms with Crippen molar-refractivity contribution in [3.05, 3.63) is 53.6 Å². The van der Waals surface area contributed by atoms with Gasteiger partial charge in [0.1, 0.15) is 23.9 Å². The Hall–Kier alpha value is -2.73. The fraction of sp³-hybridized carbons (Fsp3) is 0.278. The number of hydrogen-bond acceptors (Lipinski definition) is 5. The number of hydrogen-bond donors (Lipinski definition) is 2. The van der Waals surface area contributed by atoms with Gasteiger partial charge in [0.2, 0.25) is 6.29 Å². The highest BCUT2D eigenvalue weighted by Gasteiger charge is 2.48. The molecule has 2 aromatic rings. The van der Waals surface area contributed by atoms with Gasteiger partial charge in [-0.3, -0.25) is 0 Å². The molecule has 0 spiro atoms. The lowest BCUT2D eigenvalue weighted by Gasteiger charge is -2.13. The lowest BCUT2D eigenvalue weighted by Crippen LogP contribution is -2.22. The summed E-state index contributed by atoms with van der Waals surface area (Å²) < 4.78 is 17.0. The number of carboxylic acid groups (broad SMARTS) is 1. The average molecular weight is 328 g/mol. The summed E-state index contributed by atoms with van der Waals surface area (Å²) in [6.07, 6.45) is -1.22. The maximum Gasteiger partial charge on any atom is 0.333 e. The van der Waals surface area contributed by atoms with Gasteiger partial charge in [0.15, 0.2) is 6.10 Å². The van der Waals surface area contributed by atoms with Crippen molar-refractivity contribution < 1.29 is 29.2 Å². The first-order chi connectivity index (χ1) is 11.6. The third-order valence-corrected chi connectivity index (χ3v) is 4.31. The fourth-order valence-electron chi connectivity index (χ4n) is 3.21. The smallest absolute Gasteiger partial charge is 0.333 e. The van der Waals surface area contributed by atoms with Gasteiger partial charge < -0.3 is 24.4 Å². The van der Waals surface area contributed by atoms with Crippen LogP contribution in [0.15, 0.2) is 42.5 Å².